The summed E-state index contributed by atoms with van der Waals surface area (Å²) in [7, 11) is 2.56. The summed E-state index contributed by atoms with van der Waals surface area (Å²) in [4.78, 5) is 13.1. The van der Waals surface area contributed by atoms with Crippen LogP contribution in [-0.4, -0.2) is 27.4 Å². The molecule has 2 atom stereocenters. The van der Waals surface area contributed by atoms with Gasteiger partial charge in [0.1, 0.15) is 13.2 Å². The summed E-state index contributed by atoms with van der Waals surface area (Å²) in [5.74, 6) is 0. The Morgan fingerprint density at radius 1 is 1.33 bits per heavy atom. The number of rotatable bonds is 7. The van der Waals surface area contributed by atoms with Crippen molar-refractivity contribution < 1.29 is 25.1 Å². The normalized spacial score (nSPS) is 16.0. The monoisotopic (exact) mass is 183 g/mol. The van der Waals surface area contributed by atoms with Crippen molar-refractivity contribution >= 4 is 0 Å². The molecule has 0 aliphatic carbocycles. The molecule has 0 heterocycles. The van der Waals surface area contributed by atoms with Crippen LogP contribution in [-0.2, 0) is 14.6 Å². The molecule has 0 bridgehead atoms. The van der Waals surface area contributed by atoms with Crippen LogP contribution in [0.3, 0.4) is 0 Å². The molecule has 0 aromatic heterocycles. The third-order valence-electron chi connectivity index (χ3n) is 0.796. The van der Waals surface area contributed by atoms with Crippen LogP contribution >= 0.6 is 0 Å². The molecule has 74 valence electrons. The lowest BCUT2D eigenvalue weighted by molar-refractivity contribution is -1.21. The first kappa shape index (κ1) is 11.7. The fourth-order valence-electron chi connectivity index (χ4n) is 0.432. The number of quaternary nitrogens is 2. The maximum absolute atomic E-state index is 10.6. The number of hydrogen-bond acceptors (Lipinski definition) is 6. The lowest BCUT2D eigenvalue weighted by atomic mass is 10.8. The van der Waals surface area contributed by atoms with Gasteiger partial charge in [-0.2, -0.15) is 4.84 Å². The molecule has 12 heavy (non-hydrogen) atoms. The first-order valence-electron chi connectivity index (χ1n) is 3.26. The van der Waals surface area contributed by atoms with E-state index in [2.05, 4.69) is 14.6 Å². The molecule has 8 heteroatoms. The molecule has 0 saturated heterocycles. The molecule has 0 aliphatic rings. The van der Waals surface area contributed by atoms with Crippen LogP contribution in [0.25, 0.3) is 0 Å². The third kappa shape index (κ3) is 7.78. The second-order valence-electron chi connectivity index (χ2n) is 1.81. The summed E-state index contributed by atoms with van der Waals surface area (Å²) < 4.78 is 0. The summed E-state index contributed by atoms with van der Waals surface area (Å²) in [6, 6.07) is 0. The molecule has 8 nitrogen and oxygen atoms in total. The van der Waals surface area contributed by atoms with Gasteiger partial charge in [-0.05, 0) is 0 Å². The SMILES string of the molecule is COOCCO[NH+]([O-])N[NH+](C)[O-]. The van der Waals surface area contributed by atoms with Crippen LogP contribution in [0.5, 0.6) is 0 Å². The number of nitrogens with one attached hydrogen (secondary N) is 3. The molecule has 0 fully saturated rings. The van der Waals surface area contributed by atoms with Gasteiger partial charge in [0.2, 0.25) is 0 Å². The summed E-state index contributed by atoms with van der Waals surface area (Å²) in [5.41, 5.74) is 1.92. The average molecular weight is 183 g/mol. The third-order valence-corrected chi connectivity index (χ3v) is 0.796. The van der Waals surface area contributed by atoms with Gasteiger partial charge in [0.15, 0.2) is 0 Å². The van der Waals surface area contributed by atoms with Gasteiger partial charge in [0.25, 0.3) is 0 Å². The first-order valence-corrected chi connectivity index (χ1v) is 3.26. The van der Waals surface area contributed by atoms with Crippen LogP contribution in [0.1, 0.15) is 0 Å². The van der Waals surface area contributed by atoms with E-state index in [0.29, 0.717) is 0 Å². The highest BCUT2D eigenvalue weighted by molar-refractivity contribution is 4.14. The van der Waals surface area contributed by atoms with Gasteiger partial charge in [-0.1, -0.05) is 0 Å². The van der Waals surface area contributed by atoms with Gasteiger partial charge >= 0.3 is 0 Å². The zero-order valence-corrected chi connectivity index (χ0v) is 6.96. The predicted octanol–water partition coefficient (Wildman–Crippen LogP) is -3.69. The first-order chi connectivity index (χ1) is 5.66. The summed E-state index contributed by atoms with van der Waals surface area (Å²) in [5, 5.41) is 19.6. The van der Waals surface area contributed by atoms with Crippen LogP contribution in [0.2, 0.25) is 0 Å². The smallest absolute Gasteiger partial charge is 0.136 e. The summed E-state index contributed by atoms with van der Waals surface area (Å²) >= 11 is 0. The molecule has 0 rings (SSSR count). The standard InChI is InChI=1S/C4H13N3O5/c1-6(8)5-7(9)11-3-4-12-10-2/h5-7H,3-4H2,1-2H3. The lowest BCUT2D eigenvalue weighted by Crippen LogP contribution is -3.34. The Morgan fingerprint density at radius 3 is 2.50 bits per heavy atom. The van der Waals surface area contributed by atoms with E-state index in [0.717, 1.165) is 0 Å². The second-order valence-corrected chi connectivity index (χ2v) is 1.81. The van der Waals surface area contributed by atoms with Crippen LogP contribution < -0.4 is 16.0 Å². The van der Waals surface area contributed by atoms with E-state index in [1.54, 1.807) is 0 Å². The molecule has 3 N–H and O–H groups in total. The molecule has 0 amide bonds. The predicted molar refractivity (Wildman–Crippen MR) is 36.6 cm³/mol. The molecule has 0 aliphatic heterocycles. The minimum atomic E-state index is -0.790. The van der Waals surface area contributed by atoms with E-state index in [1.807, 2.05) is 5.53 Å². The van der Waals surface area contributed by atoms with Crippen molar-refractivity contribution in [2.24, 2.45) is 0 Å². The maximum atomic E-state index is 10.6. The molecule has 0 saturated carbocycles. The molecule has 2 unspecified atom stereocenters. The zero-order chi connectivity index (χ0) is 9.40. The average Bonchev–Trinajstić information content (AvgIpc) is 1.97. The number of hydrogen-bond donors (Lipinski definition) is 3. The van der Waals surface area contributed by atoms with Crippen LogP contribution in [0, 0.1) is 10.4 Å². The Labute approximate surface area is 69.6 Å². The summed E-state index contributed by atoms with van der Waals surface area (Å²) in [6.07, 6.45) is 0. The second kappa shape index (κ2) is 7.34. The molecule has 0 aromatic rings. The lowest BCUT2D eigenvalue weighted by Gasteiger charge is -2.23. The van der Waals surface area contributed by atoms with Gasteiger partial charge in [-0.3, -0.25) is 0 Å². The molecular weight excluding hydrogens is 170 g/mol. The van der Waals surface area contributed by atoms with Gasteiger partial charge in [-0.25, -0.2) is 14.9 Å². The van der Waals surface area contributed by atoms with Crippen molar-refractivity contribution in [1.82, 2.24) is 5.53 Å². The molecule has 0 aromatic carbocycles. The fourth-order valence-corrected chi connectivity index (χ4v) is 0.432. The molecule has 0 spiro atoms. The Hall–Kier alpha value is -0.320. The van der Waals surface area contributed by atoms with E-state index < -0.39 is 10.5 Å². The number of hydroxylamine groups is 1. The van der Waals surface area contributed by atoms with E-state index in [9.17, 15) is 10.4 Å². The van der Waals surface area contributed by atoms with Crippen molar-refractivity contribution in [3.63, 3.8) is 0 Å². The van der Waals surface area contributed by atoms with E-state index in [4.69, 9.17) is 0 Å². The van der Waals surface area contributed by atoms with Crippen molar-refractivity contribution in [1.29, 1.82) is 0 Å². The maximum Gasteiger partial charge on any atom is 0.136 e. The highest BCUT2D eigenvalue weighted by atomic mass is 17.2. The van der Waals surface area contributed by atoms with Crippen LogP contribution in [0.4, 0.5) is 0 Å². The Bertz CT molecular complexity index is 103. The van der Waals surface area contributed by atoms with Gasteiger partial charge in [0.05, 0.1) is 14.2 Å². The van der Waals surface area contributed by atoms with Crippen molar-refractivity contribution in [3.8, 4) is 0 Å². The van der Waals surface area contributed by atoms with E-state index in [1.165, 1.54) is 14.2 Å². The van der Waals surface area contributed by atoms with Gasteiger partial charge in [-0.15, -0.1) is 5.34 Å². The molecule has 0 radical (unpaired) electrons. The van der Waals surface area contributed by atoms with E-state index >= 15 is 0 Å². The highest BCUT2D eigenvalue weighted by Gasteiger charge is 1.98. The Balaban J connectivity index is 3.14. The minimum absolute atomic E-state index is 0.0347. The fraction of sp³-hybridized carbons (Fsp3) is 1.00. The minimum Gasteiger partial charge on any atom is -0.609 e. The largest absolute Gasteiger partial charge is 0.609 e. The van der Waals surface area contributed by atoms with Crippen molar-refractivity contribution in [2.45, 2.75) is 0 Å². The van der Waals surface area contributed by atoms with Crippen molar-refractivity contribution in [3.05, 3.63) is 10.4 Å². The molecular formula is C4H13N3O5. The Morgan fingerprint density at radius 2 is 2.00 bits per heavy atom. The highest BCUT2D eigenvalue weighted by Crippen LogP contribution is 1.70. The van der Waals surface area contributed by atoms with Gasteiger partial charge < -0.3 is 10.4 Å². The zero-order valence-electron chi connectivity index (χ0n) is 6.96. The van der Waals surface area contributed by atoms with Crippen LogP contribution in [0.15, 0.2) is 0 Å². The van der Waals surface area contributed by atoms with Gasteiger partial charge in [0, 0.05) is 5.53 Å². The Kier molecular flexibility index (Phi) is 7.14. The van der Waals surface area contributed by atoms with E-state index in [-0.39, 0.29) is 13.2 Å². The quantitative estimate of drug-likeness (QED) is 0.214. The summed E-state index contributed by atoms with van der Waals surface area (Å²) in [6.45, 7) is 0.161. The van der Waals surface area contributed by atoms with Crippen molar-refractivity contribution in [2.75, 3.05) is 27.4 Å². The topological polar surface area (TPSA) is 94.7 Å².